The number of hydrogen-bond donors (Lipinski definition) is 1. The maximum Gasteiger partial charge on any atom is 0.268 e. The highest BCUT2D eigenvalue weighted by Crippen LogP contribution is 2.26. The minimum atomic E-state index is -0.595. The quantitative estimate of drug-likeness (QED) is 0.917. The summed E-state index contributed by atoms with van der Waals surface area (Å²) < 4.78 is 0. The summed E-state index contributed by atoms with van der Waals surface area (Å²) >= 11 is 0. The second-order valence-electron chi connectivity index (χ2n) is 5.37. The van der Waals surface area contributed by atoms with Crippen LogP contribution in [0.1, 0.15) is 22.6 Å². The number of anilines is 1. The molecule has 0 radical (unpaired) electrons. The first-order valence-electron chi connectivity index (χ1n) is 7.09. The Balaban J connectivity index is 1.71. The van der Waals surface area contributed by atoms with Crippen molar-refractivity contribution >= 4 is 17.5 Å². The van der Waals surface area contributed by atoms with Crippen molar-refractivity contribution in [3.63, 3.8) is 0 Å². The molecule has 3 rings (SSSR count). The number of benzene rings is 1. The van der Waals surface area contributed by atoms with Crippen LogP contribution >= 0.6 is 0 Å². The predicted octanol–water partition coefficient (Wildman–Crippen LogP) is 1.17. The molecule has 6 nitrogen and oxygen atoms in total. The third kappa shape index (κ3) is 2.95. The van der Waals surface area contributed by atoms with Crippen molar-refractivity contribution in [2.75, 3.05) is 11.4 Å². The fourth-order valence-electron chi connectivity index (χ4n) is 2.69. The van der Waals surface area contributed by atoms with Gasteiger partial charge in [0.25, 0.3) is 5.91 Å². The average molecular weight is 296 g/mol. The van der Waals surface area contributed by atoms with E-state index in [-0.39, 0.29) is 17.5 Å². The number of amides is 2. The third-order valence-corrected chi connectivity index (χ3v) is 3.71. The summed E-state index contributed by atoms with van der Waals surface area (Å²) in [5.74, 6) is -0.330. The summed E-state index contributed by atoms with van der Waals surface area (Å²) in [7, 11) is 0. The predicted molar refractivity (Wildman–Crippen MR) is 81.2 cm³/mol. The van der Waals surface area contributed by atoms with E-state index in [9.17, 15) is 9.59 Å². The monoisotopic (exact) mass is 296 g/mol. The van der Waals surface area contributed by atoms with Crippen molar-refractivity contribution < 1.29 is 9.59 Å². The van der Waals surface area contributed by atoms with Crippen LogP contribution in [0.15, 0.2) is 42.7 Å². The van der Waals surface area contributed by atoms with E-state index in [1.807, 2.05) is 30.3 Å². The van der Waals surface area contributed by atoms with Gasteiger partial charge in [0.1, 0.15) is 5.69 Å². The molecule has 6 heteroatoms. The first-order valence-corrected chi connectivity index (χ1v) is 7.09. The number of para-hydroxylation sites is 1. The van der Waals surface area contributed by atoms with Gasteiger partial charge in [0.15, 0.2) is 0 Å². The molecule has 1 fully saturated rings. The molecule has 1 aliphatic rings. The fraction of sp³-hybridized carbons (Fsp3) is 0.250. The summed E-state index contributed by atoms with van der Waals surface area (Å²) in [5.41, 5.74) is 6.96. The summed E-state index contributed by atoms with van der Waals surface area (Å²) in [6, 6.07) is 9.60. The van der Waals surface area contributed by atoms with E-state index in [0.717, 1.165) is 5.69 Å². The number of carbonyl (C=O) groups excluding carboxylic acids is 2. The number of carbonyl (C=O) groups is 2. The Bertz CT molecular complexity index is 702. The number of aromatic nitrogens is 2. The molecule has 0 unspecified atom stereocenters. The Kier molecular flexibility index (Phi) is 3.82. The van der Waals surface area contributed by atoms with E-state index in [1.165, 1.54) is 6.20 Å². The molecule has 2 aromatic rings. The zero-order valence-corrected chi connectivity index (χ0v) is 12.0. The Morgan fingerprint density at radius 1 is 1.27 bits per heavy atom. The lowest BCUT2D eigenvalue weighted by Gasteiger charge is -2.16. The van der Waals surface area contributed by atoms with Crippen molar-refractivity contribution in [1.29, 1.82) is 0 Å². The molecular weight excluding hydrogens is 280 g/mol. The second-order valence-corrected chi connectivity index (χ2v) is 5.37. The summed E-state index contributed by atoms with van der Waals surface area (Å²) in [6.45, 7) is 0.644. The van der Waals surface area contributed by atoms with Gasteiger partial charge in [-0.3, -0.25) is 14.6 Å². The van der Waals surface area contributed by atoms with Gasteiger partial charge in [-0.25, -0.2) is 4.98 Å². The largest absolute Gasteiger partial charge is 0.364 e. The lowest BCUT2D eigenvalue weighted by atomic mass is 10.0. The lowest BCUT2D eigenvalue weighted by Crippen LogP contribution is -2.24. The molecule has 1 aromatic carbocycles. The number of primary amides is 1. The Morgan fingerprint density at radius 3 is 2.77 bits per heavy atom. The highest BCUT2D eigenvalue weighted by Gasteiger charge is 2.30. The van der Waals surface area contributed by atoms with Gasteiger partial charge in [-0.15, -0.1) is 0 Å². The van der Waals surface area contributed by atoms with Gasteiger partial charge >= 0.3 is 0 Å². The molecule has 22 heavy (non-hydrogen) atoms. The summed E-state index contributed by atoms with van der Waals surface area (Å²) in [6.07, 6.45) is 4.03. The zero-order chi connectivity index (χ0) is 15.5. The minimum absolute atomic E-state index is 0.107. The van der Waals surface area contributed by atoms with Crippen LogP contribution in [-0.2, 0) is 11.2 Å². The van der Waals surface area contributed by atoms with Crippen molar-refractivity contribution in [2.24, 2.45) is 11.7 Å². The number of rotatable bonds is 4. The van der Waals surface area contributed by atoms with Crippen LogP contribution in [0.25, 0.3) is 0 Å². The van der Waals surface area contributed by atoms with Crippen molar-refractivity contribution in [1.82, 2.24) is 9.97 Å². The molecule has 1 aromatic heterocycles. The van der Waals surface area contributed by atoms with Gasteiger partial charge in [-0.2, -0.15) is 0 Å². The van der Waals surface area contributed by atoms with E-state index < -0.39 is 5.91 Å². The molecule has 112 valence electrons. The van der Waals surface area contributed by atoms with Crippen LogP contribution in [0.4, 0.5) is 5.69 Å². The smallest absolute Gasteiger partial charge is 0.268 e. The highest BCUT2D eigenvalue weighted by atomic mass is 16.2. The molecule has 1 aliphatic heterocycles. The molecular formula is C16H16N4O2. The SMILES string of the molecule is NC(=O)c1cncc(C[C@H]2CC(=O)N(c3ccccc3)C2)n1. The molecule has 2 amide bonds. The van der Waals surface area contributed by atoms with Crippen LogP contribution < -0.4 is 10.6 Å². The molecule has 1 saturated heterocycles. The van der Waals surface area contributed by atoms with Gasteiger partial charge in [-0.05, 0) is 24.5 Å². The third-order valence-electron chi connectivity index (χ3n) is 3.71. The Labute approximate surface area is 128 Å². The number of nitrogens with zero attached hydrogens (tertiary/aromatic N) is 3. The van der Waals surface area contributed by atoms with Crippen LogP contribution in [-0.4, -0.2) is 28.3 Å². The van der Waals surface area contributed by atoms with E-state index in [4.69, 9.17) is 5.73 Å². The average Bonchev–Trinajstić information content (AvgIpc) is 2.89. The maximum atomic E-state index is 12.2. The van der Waals surface area contributed by atoms with E-state index in [0.29, 0.717) is 25.1 Å². The maximum absolute atomic E-state index is 12.2. The highest BCUT2D eigenvalue weighted by molar-refractivity contribution is 5.95. The fourth-order valence-corrected chi connectivity index (χ4v) is 2.69. The topological polar surface area (TPSA) is 89.2 Å². The molecule has 0 spiro atoms. The summed E-state index contributed by atoms with van der Waals surface area (Å²) in [5, 5.41) is 0. The second kappa shape index (κ2) is 5.93. The molecule has 0 saturated carbocycles. The minimum Gasteiger partial charge on any atom is -0.364 e. The molecule has 0 bridgehead atoms. The molecule has 2 N–H and O–H groups in total. The van der Waals surface area contributed by atoms with Crippen LogP contribution in [0.5, 0.6) is 0 Å². The van der Waals surface area contributed by atoms with Gasteiger partial charge in [0.2, 0.25) is 5.91 Å². The van der Waals surface area contributed by atoms with Crippen LogP contribution in [0, 0.1) is 5.92 Å². The summed E-state index contributed by atoms with van der Waals surface area (Å²) in [4.78, 5) is 33.3. The van der Waals surface area contributed by atoms with Crippen molar-refractivity contribution in [3.8, 4) is 0 Å². The van der Waals surface area contributed by atoms with Gasteiger partial charge < -0.3 is 10.6 Å². The number of nitrogens with two attached hydrogens (primary N) is 1. The Hall–Kier alpha value is -2.76. The molecule has 2 heterocycles. The lowest BCUT2D eigenvalue weighted by molar-refractivity contribution is -0.117. The normalized spacial score (nSPS) is 17.7. The number of hydrogen-bond acceptors (Lipinski definition) is 4. The Morgan fingerprint density at radius 2 is 2.05 bits per heavy atom. The molecule has 0 aliphatic carbocycles. The van der Waals surface area contributed by atoms with Crippen molar-refractivity contribution in [2.45, 2.75) is 12.8 Å². The van der Waals surface area contributed by atoms with Gasteiger partial charge in [-0.1, -0.05) is 18.2 Å². The van der Waals surface area contributed by atoms with E-state index >= 15 is 0 Å². The van der Waals surface area contributed by atoms with E-state index in [1.54, 1.807) is 11.1 Å². The van der Waals surface area contributed by atoms with Gasteiger partial charge in [0, 0.05) is 24.8 Å². The van der Waals surface area contributed by atoms with Crippen LogP contribution in [0.2, 0.25) is 0 Å². The van der Waals surface area contributed by atoms with E-state index in [2.05, 4.69) is 9.97 Å². The van der Waals surface area contributed by atoms with Crippen LogP contribution in [0.3, 0.4) is 0 Å². The first kappa shape index (κ1) is 14.2. The standard InChI is InChI=1S/C16H16N4O2/c17-16(22)14-9-18-8-12(19-14)6-11-7-15(21)20(10-11)13-4-2-1-3-5-13/h1-5,8-9,11H,6-7,10H2,(H2,17,22)/t11-/m0/s1. The zero-order valence-electron chi connectivity index (χ0n) is 12.0. The molecule has 1 atom stereocenters. The van der Waals surface area contributed by atoms with Crippen molar-refractivity contribution in [3.05, 3.63) is 54.1 Å². The first-order chi connectivity index (χ1) is 10.6. The van der Waals surface area contributed by atoms with Gasteiger partial charge in [0.05, 0.1) is 11.9 Å².